The number of rotatable bonds is 4. The van der Waals surface area contributed by atoms with Crippen molar-refractivity contribution in [1.82, 2.24) is 15.8 Å². The van der Waals surface area contributed by atoms with Gasteiger partial charge in [0.05, 0.1) is 0 Å². The van der Waals surface area contributed by atoms with Crippen LogP contribution in [0.1, 0.15) is 20.8 Å². The average molecular weight is 229 g/mol. The van der Waals surface area contributed by atoms with Crippen LogP contribution in [0.15, 0.2) is 9.98 Å². The molecule has 0 aromatic heterocycles. The molecule has 0 aromatic carbocycles. The number of aliphatic imine (C=N–C) groups is 2. The number of thioether (sulfide) groups is 1. The first kappa shape index (κ1) is 12.5. The lowest BCUT2D eigenvalue weighted by Crippen LogP contribution is -2.56. The zero-order valence-electron chi connectivity index (χ0n) is 9.69. The third-order valence-electron chi connectivity index (χ3n) is 1.79. The molecule has 0 amide bonds. The Hall–Kier alpha value is -0.590. The maximum Gasteiger partial charge on any atom is 0.193 e. The number of hydrazine groups is 1. The smallest absolute Gasteiger partial charge is 0.193 e. The summed E-state index contributed by atoms with van der Waals surface area (Å²) in [5, 5.41) is 6.18. The molecule has 0 fully saturated rings. The van der Waals surface area contributed by atoms with Gasteiger partial charge < -0.3 is 0 Å². The van der Waals surface area contributed by atoms with Crippen LogP contribution in [0.3, 0.4) is 0 Å². The van der Waals surface area contributed by atoms with Gasteiger partial charge in [-0.15, -0.1) is 0 Å². The Morgan fingerprint density at radius 3 is 2.87 bits per heavy atom. The number of hydrogen-bond acceptors (Lipinski definition) is 6. The molecule has 1 atom stereocenters. The minimum Gasteiger partial charge on any atom is -0.278 e. The lowest BCUT2D eigenvalue weighted by Gasteiger charge is -2.34. The predicted molar refractivity (Wildman–Crippen MR) is 67.0 cm³/mol. The molecule has 86 valence electrons. The molecule has 0 saturated heterocycles. The Labute approximate surface area is 95.4 Å². The highest BCUT2D eigenvalue weighted by Gasteiger charge is 2.22. The molecule has 1 heterocycles. The zero-order chi connectivity index (χ0) is 11.3. The summed E-state index contributed by atoms with van der Waals surface area (Å²) >= 11 is 1.61. The molecule has 0 radical (unpaired) electrons. The van der Waals surface area contributed by atoms with Crippen LogP contribution in [-0.4, -0.2) is 41.6 Å². The van der Waals surface area contributed by atoms with Crippen molar-refractivity contribution >= 4 is 23.3 Å². The summed E-state index contributed by atoms with van der Waals surface area (Å²) in [5.41, 5.74) is 3.32. The second-order valence-electron chi connectivity index (χ2n) is 3.47. The Bertz CT molecular complexity index is 251. The summed E-state index contributed by atoms with van der Waals surface area (Å²) in [7, 11) is 0. The Balaban J connectivity index is 2.71. The van der Waals surface area contributed by atoms with Crippen molar-refractivity contribution in [2.75, 3.05) is 12.8 Å². The van der Waals surface area contributed by atoms with Gasteiger partial charge in [0.15, 0.2) is 11.5 Å². The van der Waals surface area contributed by atoms with Crippen LogP contribution in [0.2, 0.25) is 0 Å². The molecule has 0 aromatic rings. The van der Waals surface area contributed by atoms with E-state index in [1.807, 2.05) is 11.3 Å². The molecule has 1 aliphatic heterocycles. The first-order valence-corrected chi connectivity index (χ1v) is 6.33. The van der Waals surface area contributed by atoms with E-state index < -0.39 is 0 Å². The molecule has 0 spiro atoms. The fourth-order valence-corrected chi connectivity index (χ4v) is 1.76. The minimum absolute atomic E-state index is 0.0580. The van der Waals surface area contributed by atoms with Gasteiger partial charge in [0.1, 0.15) is 6.34 Å². The summed E-state index contributed by atoms with van der Waals surface area (Å²) in [6.07, 6.45) is 3.56. The molecule has 1 rings (SSSR count). The van der Waals surface area contributed by atoms with E-state index in [4.69, 9.17) is 0 Å². The first-order chi connectivity index (χ1) is 7.19. The molecular formula is C9H19N5S. The van der Waals surface area contributed by atoms with Crippen molar-refractivity contribution in [3.8, 4) is 0 Å². The standard InChI is InChI=1S/C9H19N5S/c1-5-10-8-11-6-12-9(15-4)14(8)13-7(2)3/h6-8,10,13H,5H2,1-4H3. The minimum atomic E-state index is -0.0580. The van der Waals surface area contributed by atoms with Gasteiger partial charge in [0, 0.05) is 6.04 Å². The van der Waals surface area contributed by atoms with Crippen molar-refractivity contribution in [2.45, 2.75) is 33.1 Å². The van der Waals surface area contributed by atoms with E-state index in [1.165, 1.54) is 0 Å². The molecule has 1 aliphatic rings. The fraction of sp³-hybridized carbons (Fsp3) is 0.778. The first-order valence-electron chi connectivity index (χ1n) is 5.11. The summed E-state index contributed by atoms with van der Waals surface area (Å²) < 4.78 is 0. The quantitative estimate of drug-likeness (QED) is 0.750. The fourth-order valence-electron chi connectivity index (χ4n) is 1.26. The van der Waals surface area contributed by atoms with Crippen LogP contribution >= 0.6 is 11.8 Å². The maximum atomic E-state index is 4.28. The van der Waals surface area contributed by atoms with Gasteiger partial charge in [0.25, 0.3) is 0 Å². The van der Waals surface area contributed by atoms with Crippen LogP contribution < -0.4 is 10.7 Å². The third-order valence-corrected chi connectivity index (χ3v) is 2.46. The Morgan fingerprint density at radius 2 is 2.33 bits per heavy atom. The van der Waals surface area contributed by atoms with Crippen molar-refractivity contribution in [3.05, 3.63) is 0 Å². The summed E-state index contributed by atoms with van der Waals surface area (Å²) in [6, 6.07) is 0.358. The number of nitrogens with one attached hydrogen (secondary N) is 2. The van der Waals surface area contributed by atoms with Crippen LogP contribution in [0, 0.1) is 0 Å². The van der Waals surface area contributed by atoms with Crippen LogP contribution in [0.4, 0.5) is 0 Å². The predicted octanol–water partition coefficient (Wildman–Crippen LogP) is 0.855. The second kappa shape index (κ2) is 6.09. The van der Waals surface area contributed by atoms with Crippen LogP contribution in [-0.2, 0) is 0 Å². The van der Waals surface area contributed by atoms with Crippen molar-refractivity contribution < 1.29 is 0 Å². The van der Waals surface area contributed by atoms with Crippen LogP contribution in [0.25, 0.3) is 0 Å². The average Bonchev–Trinajstić information content (AvgIpc) is 2.20. The molecule has 6 heteroatoms. The van der Waals surface area contributed by atoms with E-state index >= 15 is 0 Å². The molecule has 2 N–H and O–H groups in total. The van der Waals surface area contributed by atoms with E-state index in [-0.39, 0.29) is 6.29 Å². The van der Waals surface area contributed by atoms with Crippen molar-refractivity contribution in [3.63, 3.8) is 0 Å². The van der Waals surface area contributed by atoms with Gasteiger partial charge >= 0.3 is 0 Å². The van der Waals surface area contributed by atoms with Gasteiger partial charge in [-0.3, -0.25) is 5.32 Å². The maximum absolute atomic E-state index is 4.28. The highest BCUT2D eigenvalue weighted by molar-refractivity contribution is 8.13. The van der Waals surface area contributed by atoms with Crippen molar-refractivity contribution in [2.24, 2.45) is 9.98 Å². The van der Waals surface area contributed by atoms with E-state index in [1.54, 1.807) is 18.1 Å². The molecule has 0 bridgehead atoms. The lowest BCUT2D eigenvalue weighted by atomic mass is 10.4. The van der Waals surface area contributed by atoms with E-state index in [2.05, 4.69) is 41.5 Å². The molecular weight excluding hydrogens is 210 g/mol. The Kier molecular flexibility index (Phi) is 5.07. The largest absolute Gasteiger partial charge is 0.278 e. The van der Waals surface area contributed by atoms with Gasteiger partial charge in [-0.25, -0.2) is 20.4 Å². The lowest BCUT2D eigenvalue weighted by molar-refractivity contribution is 0.185. The van der Waals surface area contributed by atoms with Gasteiger partial charge in [-0.2, -0.15) is 0 Å². The topological polar surface area (TPSA) is 52.0 Å². The monoisotopic (exact) mass is 229 g/mol. The summed E-state index contributed by atoms with van der Waals surface area (Å²) in [4.78, 5) is 8.50. The molecule has 0 saturated carbocycles. The molecule has 0 aliphatic carbocycles. The van der Waals surface area contributed by atoms with Gasteiger partial charge in [-0.05, 0) is 26.6 Å². The summed E-state index contributed by atoms with van der Waals surface area (Å²) in [6.45, 7) is 7.13. The highest BCUT2D eigenvalue weighted by Crippen LogP contribution is 2.10. The number of nitrogens with zero attached hydrogens (tertiary/aromatic N) is 3. The van der Waals surface area contributed by atoms with Gasteiger partial charge in [-0.1, -0.05) is 18.7 Å². The molecule has 5 nitrogen and oxygen atoms in total. The van der Waals surface area contributed by atoms with E-state index in [0.717, 1.165) is 11.7 Å². The SMILES string of the molecule is CCNC1N=CN=C(SC)N1NC(C)C. The molecule has 1 unspecified atom stereocenters. The van der Waals surface area contributed by atoms with E-state index in [9.17, 15) is 0 Å². The second-order valence-corrected chi connectivity index (χ2v) is 4.24. The third kappa shape index (κ3) is 3.48. The van der Waals surface area contributed by atoms with Gasteiger partial charge in [0.2, 0.25) is 0 Å². The van der Waals surface area contributed by atoms with E-state index in [0.29, 0.717) is 6.04 Å². The zero-order valence-corrected chi connectivity index (χ0v) is 10.5. The van der Waals surface area contributed by atoms with Crippen LogP contribution in [0.5, 0.6) is 0 Å². The van der Waals surface area contributed by atoms with Crippen molar-refractivity contribution in [1.29, 1.82) is 0 Å². The number of amidine groups is 1. The highest BCUT2D eigenvalue weighted by atomic mass is 32.2. The normalized spacial score (nSPS) is 21.0. The number of hydrogen-bond donors (Lipinski definition) is 2. The molecule has 15 heavy (non-hydrogen) atoms. The Morgan fingerprint density at radius 1 is 1.60 bits per heavy atom. The summed E-state index contributed by atoms with van der Waals surface area (Å²) in [5.74, 6) is 0.